The molecule has 0 unspecified atom stereocenters. The molecule has 2 N–H and O–H groups in total. The van der Waals surface area contributed by atoms with Gasteiger partial charge in [0.15, 0.2) is 0 Å². The summed E-state index contributed by atoms with van der Waals surface area (Å²) in [4.78, 5) is 0.891. The van der Waals surface area contributed by atoms with Gasteiger partial charge in [-0.25, -0.2) is 13.1 Å². The molecule has 4 nitrogen and oxygen atoms in total. The first-order valence-electron chi connectivity index (χ1n) is 4.28. The highest BCUT2D eigenvalue weighted by atomic mass is 32.2. The Bertz CT molecular complexity index is 383. The lowest BCUT2D eigenvalue weighted by Crippen LogP contribution is -2.23. The Morgan fingerprint density at radius 2 is 2.29 bits per heavy atom. The molecule has 14 heavy (non-hydrogen) atoms. The van der Waals surface area contributed by atoms with Gasteiger partial charge < -0.3 is 5.11 Å². The molecule has 0 saturated carbocycles. The number of nitrogens with one attached hydrogen (secondary N) is 1. The van der Waals surface area contributed by atoms with E-state index in [9.17, 15) is 8.42 Å². The van der Waals surface area contributed by atoms with Crippen molar-refractivity contribution in [3.8, 4) is 0 Å². The highest BCUT2D eigenvalue weighted by Crippen LogP contribution is 2.18. The van der Waals surface area contributed by atoms with E-state index in [0.717, 1.165) is 6.42 Å². The molecule has 1 aromatic rings. The second kappa shape index (κ2) is 4.88. The zero-order chi connectivity index (χ0) is 10.6. The van der Waals surface area contributed by atoms with Gasteiger partial charge in [0, 0.05) is 16.8 Å². The van der Waals surface area contributed by atoms with Crippen LogP contribution in [-0.2, 0) is 16.6 Å². The summed E-state index contributed by atoms with van der Waals surface area (Å²) in [6.45, 7) is 2.22. The Balaban J connectivity index is 2.81. The topological polar surface area (TPSA) is 66.4 Å². The Kier molecular flexibility index (Phi) is 4.06. The largest absolute Gasteiger partial charge is 0.391 e. The molecule has 0 spiro atoms. The zero-order valence-electron chi connectivity index (χ0n) is 7.86. The van der Waals surface area contributed by atoms with Crippen LogP contribution in [0.4, 0.5) is 0 Å². The number of thiophene rings is 1. The number of aliphatic hydroxyl groups is 1. The van der Waals surface area contributed by atoms with Crippen LogP contribution in [0.25, 0.3) is 0 Å². The normalized spacial score (nSPS) is 11.9. The molecule has 0 saturated heterocycles. The molecule has 1 aromatic heterocycles. The number of hydrogen-bond acceptors (Lipinski definition) is 4. The molecule has 6 heteroatoms. The summed E-state index contributed by atoms with van der Waals surface area (Å²) in [5.74, 6) is 0. The fourth-order valence-electron chi connectivity index (χ4n) is 0.904. The SMILES string of the molecule is CCCNS(=O)(=O)c1csc(CO)c1. The van der Waals surface area contributed by atoms with Crippen molar-refractivity contribution < 1.29 is 13.5 Å². The lowest BCUT2D eigenvalue weighted by Gasteiger charge is -2.01. The molecule has 0 aromatic carbocycles. The van der Waals surface area contributed by atoms with Crippen LogP contribution in [0, 0.1) is 0 Å². The molecule has 0 aliphatic rings. The van der Waals surface area contributed by atoms with Gasteiger partial charge in [-0.05, 0) is 12.5 Å². The third-order valence-corrected chi connectivity index (χ3v) is 4.15. The number of aliphatic hydroxyl groups excluding tert-OH is 1. The van der Waals surface area contributed by atoms with Gasteiger partial charge in [-0.15, -0.1) is 11.3 Å². The van der Waals surface area contributed by atoms with Crippen LogP contribution in [-0.4, -0.2) is 20.1 Å². The minimum absolute atomic E-state index is 0.117. The van der Waals surface area contributed by atoms with Crippen LogP contribution >= 0.6 is 11.3 Å². The van der Waals surface area contributed by atoms with Crippen molar-refractivity contribution in [3.63, 3.8) is 0 Å². The Morgan fingerprint density at radius 1 is 1.57 bits per heavy atom. The molecular formula is C8H13NO3S2. The van der Waals surface area contributed by atoms with Gasteiger partial charge in [-0.3, -0.25) is 0 Å². The highest BCUT2D eigenvalue weighted by molar-refractivity contribution is 7.89. The third kappa shape index (κ3) is 2.78. The fourth-order valence-corrected chi connectivity index (χ4v) is 3.17. The first kappa shape index (κ1) is 11.6. The minimum Gasteiger partial charge on any atom is -0.391 e. The van der Waals surface area contributed by atoms with Crippen LogP contribution in [0.3, 0.4) is 0 Å². The third-order valence-electron chi connectivity index (χ3n) is 1.64. The van der Waals surface area contributed by atoms with E-state index in [1.165, 1.54) is 22.8 Å². The van der Waals surface area contributed by atoms with Gasteiger partial charge in [0.25, 0.3) is 0 Å². The summed E-state index contributed by atoms with van der Waals surface area (Å²) in [5, 5.41) is 10.3. The van der Waals surface area contributed by atoms with Crippen LogP contribution in [0.15, 0.2) is 16.3 Å². The number of sulfonamides is 1. The monoisotopic (exact) mass is 235 g/mol. The van der Waals surface area contributed by atoms with E-state index < -0.39 is 10.0 Å². The van der Waals surface area contributed by atoms with E-state index in [2.05, 4.69) is 4.72 Å². The number of rotatable bonds is 5. The summed E-state index contributed by atoms with van der Waals surface area (Å²) < 4.78 is 25.5. The van der Waals surface area contributed by atoms with E-state index in [1.54, 1.807) is 0 Å². The molecule has 1 heterocycles. The fraction of sp³-hybridized carbons (Fsp3) is 0.500. The molecule has 0 atom stereocenters. The second-order valence-corrected chi connectivity index (χ2v) is 5.57. The van der Waals surface area contributed by atoms with Gasteiger partial charge in [0.1, 0.15) is 0 Å². The van der Waals surface area contributed by atoms with E-state index in [4.69, 9.17) is 5.11 Å². The maximum absolute atomic E-state index is 11.5. The molecule has 80 valence electrons. The molecule has 1 rings (SSSR count). The zero-order valence-corrected chi connectivity index (χ0v) is 9.49. The van der Waals surface area contributed by atoms with Gasteiger partial charge >= 0.3 is 0 Å². The van der Waals surface area contributed by atoms with Crippen molar-refractivity contribution in [3.05, 3.63) is 16.3 Å². The standard InChI is InChI=1S/C8H13NO3S2/c1-2-3-9-14(11,12)8-4-7(5-10)13-6-8/h4,6,9-10H,2-3,5H2,1H3. The molecule has 0 fully saturated rings. The lowest BCUT2D eigenvalue weighted by molar-refractivity contribution is 0.285. The van der Waals surface area contributed by atoms with Gasteiger partial charge in [-0.2, -0.15) is 0 Å². The molecule has 0 radical (unpaired) electrons. The molecular weight excluding hydrogens is 222 g/mol. The van der Waals surface area contributed by atoms with E-state index >= 15 is 0 Å². The Hall–Kier alpha value is -0.430. The second-order valence-electron chi connectivity index (χ2n) is 2.80. The van der Waals surface area contributed by atoms with Crippen molar-refractivity contribution in [1.82, 2.24) is 4.72 Å². The van der Waals surface area contributed by atoms with Gasteiger partial charge in [0.05, 0.1) is 11.5 Å². The maximum atomic E-state index is 11.5. The van der Waals surface area contributed by atoms with Crippen molar-refractivity contribution in [2.24, 2.45) is 0 Å². The van der Waals surface area contributed by atoms with E-state index in [1.807, 2.05) is 6.92 Å². The van der Waals surface area contributed by atoms with Gasteiger partial charge in [0.2, 0.25) is 10.0 Å². The molecule has 0 amide bonds. The summed E-state index contributed by atoms with van der Waals surface area (Å²) in [5.41, 5.74) is 0. The highest BCUT2D eigenvalue weighted by Gasteiger charge is 2.14. The lowest BCUT2D eigenvalue weighted by atomic mass is 10.5. The minimum atomic E-state index is -3.36. The Labute approximate surface area is 87.6 Å². The smallest absolute Gasteiger partial charge is 0.241 e. The number of hydrogen-bond donors (Lipinski definition) is 2. The van der Waals surface area contributed by atoms with Crippen molar-refractivity contribution in [1.29, 1.82) is 0 Å². The summed E-state index contributed by atoms with van der Waals surface area (Å²) in [6.07, 6.45) is 0.760. The van der Waals surface area contributed by atoms with Crippen LogP contribution in [0.2, 0.25) is 0 Å². The predicted octanol–water partition coefficient (Wildman–Crippen LogP) is 0.929. The predicted molar refractivity (Wildman–Crippen MR) is 55.7 cm³/mol. The average molecular weight is 235 g/mol. The van der Waals surface area contributed by atoms with Crippen molar-refractivity contribution >= 4 is 21.4 Å². The van der Waals surface area contributed by atoms with Crippen molar-refractivity contribution in [2.75, 3.05) is 6.54 Å². The van der Waals surface area contributed by atoms with E-state index in [0.29, 0.717) is 11.4 Å². The van der Waals surface area contributed by atoms with Crippen LogP contribution < -0.4 is 4.72 Å². The van der Waals surface area contributed by atoms with Crippen molar-refractivity contribution in [2.45, 2.75) is 24.8 Å². The molecule has 0 aliphatic heterocycles. The van der Waals surface area contributed by atoms with E-state index in [-0.39, 0.29) is 11.5 Å². The quantitative estimate of drug-likeness (QED) is 0.798. The summed E-state index contributed by atoms with van der Waals surface area (Å²) >= 11 is 1.24. The average Bonchev–Trinajstić information content (AvgIpc) is 2.63. The van der Waals surface area contributed by atoms with Crippen LogP contribution in [0.5, 0.6) is 0 Å². The first-order chi connectivity index (χ1) is 6.60. The van der Waals surface area contributed by atoms with Crippen LogP contribution in [0.1, 0.15) is 18.2 Å². The summed E-state index contributed by atoms with van der Waals surface area (Å²) in [6, 6.07) is 1.49. The maximum Gasteiger partial charge on any atom is 0.241 e. The first-order valence-corrected chi connectivity index (χ1v) is 6.64. The molecule has 0 aliphatic carbocycles. The summed E-state index contributed by atoms with van der Waals surface area (Å²) in [7, 11) is -3.36. The van der Waals surface area contributed by atoms with Gasteiger partial charge in [-0.1, -0.05) is 6.92 Å². The molecule has 0 bridgehead atoms. The Morgan fingerprint density at radius 3 is 2.79 bits per heavy atom.